The molecule has 0 aromatic heterocycles. The van der Waals surface area contributed by atoms with Crippen LogP contribution in [0, 0.1) is 13.8 Å². The number of carbonyl (C=O) groups excluding carboxylic acids is 2. The number of amides is 2. The number of carbonyl (C=O) groups is 2. The zero-order valence-corrected chi connectivity index (χ0v) is 20.0. The summed E-state index contributed by atoms with van der Waals surface area (Å²) < 4.78 is 10.8. The van der Waals surface area contributed by atoms with Crippen LogP contribution in [-0.4, -0.2) is 62.4 Å². The van der Waals surface area contributed by atoms with E-state index in [1.807, 2.05) is 56.3 Å². The summed E-state index contributed by atoms with van der Waals surface area (Å²) >= 11 is 0. The number of benzene rings is 2. The van der Waals surface area contributed by atoms with E-state index in [1.54, 1.807) is 7.11 Å². The molecule has 34 heavy (non-hydrogen) atoms. The molecule has 0 aliphatic carbocycles. The molecular weight excluding hydrogens is 432 g/mol. The fourth-order valence-electron chi connectivity index (χ4n) is 4.32. The highest BCUT2D eigenvalue weighted by Gasteiger charge is 2.28. The minimum Gasteiger partial charge on any atom is -0.497 e. The lowest BCUT2D eigenvalue weighted by molar-refractivity contribution is -0.119. The summed E-state index contributed by atoms with van der Waals surface area (Å²) in [6.45, 7) is 7.26. The maximum atomic E-state index is 13.1. The molecule has 2 aliphatic rings. The molecule has 2 aromatic rings. The van der Waals surface area contributed by atoms with Crippen LogP contribution in [0.4, 0.5) is 5.69 Å². The van der Waals surface area contributed by atoms with Crippen molar-refractivity contribution in [1.82, 2.24) is 10.2 Å². The van der Waals surface area contributed by atoms with Crippen LogP contribution < -0.4 is 15.1 Å². The number of ether oxygens (including phenoxy) is 2. The van der Waals surface area contributed by atoms with Crippen molar-refractivity contribution >= 4 is 23.2 Å². The molecule has 1 unspecified atom stereocenters. The molecule has 2 heterocycles. The topological polar surface area (TPSA) is 83.5 Å². The lowest BCUT2D eigenvalue weighted by Gasteiger charge is -2.35. The number of hydrazone groups is 1. The second kappa shape index (κ2) is 10.8. The van der Waals surface area contributed by atoms with Gasteiger partial charge in [0, 0.05) is 32.5 Å². The molecule has 0 bridgehead atoms. The van der Waals surface area contributed by atoms with Gasteiger partial charge in [0.25, 0.3) is 5.91 Å². The first-order valence-corrected chi connectivity index (χ1v) is 11.7. The Morgan fingerprint density at radius 1 is 1.12 bits per heavy atom. The van der Waals surface area contributed by atoms with Gasteiger partial charge >= 0.3 is 0 Å². The van der Waals surface area contributed by atoms with Crippen molar-refractivity contribution in [3.8, 4) is 5.75 Å². The van der Waals surface area contributed by atoms with Crippen LogP contribution in [0.3, 0.4) is 0 Å². The number of morpholine rings is 1. The van der Waals surface area contributed by atoms with Crippen molar-refractivity contribution in [3.63, 3.8) is 0 Å². The minimum atomic E-state index is -0.241. The SMILES string of the molecule is COc1ccc(C(CNC(=O)C2=NN(c3cc(C)ccc3C)C(=O)CC2)N2CCOCC2)cc1. The van der Waals surface area contributed by atoms with E-state index >= 15 is 0 Å². The third kappa shape index (κ3) is 5.46. The van der Waals surface area contributed by atoms with Gasteiger partial charge < -0.3 is 14.8 Å². The highest BCUT2D eigenvalue weighted by atomic mass is 16.5. The first-order valence-electron chi connectivity index (χ1n) is 11.7. The molecule has 0 spiro atoms. The Morgan fingerprint density at radius 2 is 1.85 bits per heavy atom. The molecule has 0 radical (unpaired) electrons. The Kier molecular flexibility index (Phi) is 7.59. The summed E-state index contributed by atoms with van der Waals surface area (Å²) in [7, 11) is 1.64. The van der Waals surface area contributed by atoms with Crippen LogP contribution in [0.15, 0.2) is 47.6 Å². The van der Waals surface area contributed by atoms with Gasteiger partial charge in [-0.3, -0.25) is 14.5 Å². The largest absolute Gasteiger partial charge is 0.497 e. The molecule has 2 aromatic carbocycles. The predicted octanol–water partition coefficient (Wildman–Crippen LogP) is 2.98. The van der Waals surface area contributed by atoms with Crippen molar-refractivity contribution in [2.24, 2.45) is 5.10 Å². The van der Waals surface area contributed by atoms with Gasteiger partial charge in [-0.2, -0.15) is 5.10 Å². The van der Waals surface area contributed by atoms with Crippen molar-refractivity contribution in [2.75, 3.05) is 45.0 Å². The van der Waals surface area contributed by atoms with Crippen LogP contribution in [-0.2, 0) is 14.3 Å². The van der Waals surface area contributed by atoms with Crippen LogP contribution in [0.25, 0.3) is 0 Å². The highest BCUT2D eigenvalue weighted by molar-refractivity contribution is 6.40. The van der Waals surface area contributed by atoms with E-state index in [4.69, 9.17) is 9.47 Å². The molecule has 2 amide bonds. The quantitative estimate of drug-likeness (QED) is 0.681. The monoisotopic (exact) mass is 464 g/mol. The number of nitrogens with one attached hydrogen (secondary N) is 1. The molecule has 8 heteroatoms. The van der Waals surface area contributed by atoms with E-state index in [0.29, 0.717) is 31.9 Å². The molecule has 180 valence electrons. The second-order valence-corrected chi connectivity index (χ2v) is 8.69. The first kappa shape index (κ1) is 23.9. The van der Waals surface area contributed by atoms with Crippen molar-refractivity contribution in [3.05, 3.63) is 59.2 Å². The van der Waals surface area contributed by atoms with Gasteiger partial charge in [0.2, 0.25) is 5.91 Å². The van der Waals surface area contributed by atoms with E-state index in [1.165, 1.54) is 5.01 Å². The fourth-order valence-corrected chi connectivity index (χ4v) is 4.32. The van der Waals surface area contributed by atoms with E-state index < -0.39 is 0 Å². The predicted molar refractivity (Wildman–Crippen MR) is 131 cm³/mol. The standard InChI is InChI=1S/C26H32N4O4/c1-18-4-5-19(2)23(16-18)30-25(31)11-10-22(28-30)26(32)27-17-24(29-12-14-34-15-13-29)20-6-8-21(33-3)9-7-20/h4-9,16,24H,10-15,17H2,1-3H3,(H,27,32). The molecule has 1 atom stereocenters. The Morgan fingerprint density at radius 3 is 2.56 bits per heavy atom. The smallest absolute Gasteiger partial charge is 0.267 e. The zero-order valence-electron chi connectivity index (χ0n) is 20.0. The van der Waals surface area contributed by atoms with E-state index in [0.717, 1.165) is 41.2 Å². The summed E-state index contributed by atoms with van der Waals surface area (Å²) in [6.07, 6.45) is 0.585. The highest BCUT2D eigenvalue weighted by Crippen LogP contribution is 2.26. The van der Waals surface area contributed by atoms with Crippen LogP contribution in [0.2, 0.25) is 0 Å². The number of aryl methyl sites for hydroxylation is 2. The summed E-state index contributed by atoms with van der Waals surface area (Å²) in [4.78, 5) is 28.0. The second-order valence-electron chi connectivity index (χ2n) is 8.69. The molecule has 2 aliphatic heterocycles. The number of rotatable bonds is 7. The maximum absolute atomic E-state index is 13.1. The van der Waals surface area contributed by atoms with Gasteiger partial charge in [-0.25, -0.2) is 5.01 Å². The first-order chi connectivity index (χ1) is 16.5. The van der Waals surface area contributed by atoms with Gasteiger partial charge in [-0.1, -0.05) is 24.3 Å². The molecule has 8 nitrogen and oxygen atoms in total. The van der Waals surface area contributed by atoms with Gasteiger partial charge in [0.15, 0.2) is 0 Å². The molecule has 0 saturated carbocycles. The third-order valence-electron chi connectivity index (χ3n) is 6.33. The zero-order chi connectivity index (χ0) is 24.1. The van der Waals surface area contributed by atoms with Crippen LogP contribution in [0.5, 0.6) is 5.75 Å². The minimum absolute atomic E-state index is 0.000279. The van der Waals surface area contributed by atoms with Gasteiger partial charge in [-0.15, -0.1) is 0 Å². The molecule has 1 fully saturated rings. The summed E-state index contributed by atoms with van der Waals surface area (Å²) in [5.41, 5.74) is 4.17. The van der Waals surface area contributed by atoms with Crippen LogP contribution in [0.1, 0.15) is 35.6 Å². The molecule has 1 saturated heterocycles. The van der Waals surface area contributed by atoms with Crippen molar-refractivity contribution in [2.45, 2.75) is 32.7 Å². The average Bonchev–Trinajstić information content (AvgIpc) is 2.87. The Bertz CT molecular complexity index is 1060. The normalized spacial score (nSPS) is 17.8. The Labute approximate surface area is 200 Å². The summed E-state index contributed by atoms with van der Waals surface area (Å²) in [5, 5.41) is 8.91. The van der Waals surface area contributed by atoms with Crippen molar-refractivity contribution in [1.29, 1.82) is 0 Å². The lowest BCUT2D eigenvalue weighted by atomic mass is 10.0. The van der Waals surface area contributed by atoms with E-state index in [-0.39, 0.29) is 24.3 Å². The van der Waals surface area contributed by atoms with Gasteiger partial charge in [0.05, 0.1) is 32.1 Å². The molecular formula is C26H32N4O4. The number of hydrogen-bond donors (Lipinski definition) is 1. The number of anilines is 1. The summed E-state index contributed by atoms with van der Waals surface area (Å²) in [6, 6.07) is 13.8. The van der Waals surface area contributed by atoms with Crippen LogP contribution >= 0.6 is 0 Å². The van der Waals surface area contributed by atoms with Gasteiger partial charge in [-0.05, 0) is 48.7 Å². The molecule has 1 N–H and O–H groups in total. The molecule has 4 rings (SSSR count). The average molecular weight is 465 g/mol. The Hall–Kier alpha value is -3.23. The van der Waals surface area contributed by atoms with Crippen molar-refractivity contribution < 1.29 is 19.1 Å². The number of hydrogen-bond acceptors (Lipinski definition) is 6. The maximum Gasteiger partial charge on any atom is 0.267 e. The van der Waals surface area contributed by atoms with Gasteiger partial charge in [0.1, 0.15) is 11.5 Å². The fraction of sp³-hybridized carbons (Fsp3) is 0.423. The number of nitrogens with zero attached hydrogens (tertiary/aromatic N) is 3. The lowest BCUT2D eigenvalue weighted by Crippen LogP contribution is -2.46. The Balaban J connectivity index is 1.51. The summed E-state index contributed by atoms with van der Waals surface area (Å²) in [5.74, 6) is 0.450. The number of methoxy groups -OCH3 is 1. The van der Waals surface area contributed by atoms with E-state index in [9.17, 15) is 9.59 Å². The van der Waals surface area contributed by atoms with E-state index in [2.05, 4.69) is 15.3 Å². The third-order valence-corrected chi connectivity index (χ3v) is 6.33.